The van der Waals surface area contributed by atoms with Gasteiger partial charge in [-0.1, -0.05) is 25.3 Å². The molecular formula is C17H28N2S. The molecule has 0 aromatic carbocycles. The second-order valence-corrected chi connectivity index (χ2v) is 7.62. The molecule has 2 heterocycles. The fraction of sp³-hybridized carbons (Fsp3) is 0.765. The molecule has 0 amide bonds. The van der Waals surface area contributed by atoms with Crippen LogP contribution >= 0.6 is 11.3 Å². The van der Waals surface area contributed by atoms with Gasteiger partial charge in [0.15, 0.2) is 0 Å². The quantitative estimate of drug-likeness (QED) is 0.913. The lowest BCUT2D eigenvalue weighted by atomic mass is 9.83. The van der Waals surface area contributed by atoms with Crippen LogP contribution < -0.4 is 5.32 Å². The van der Waals surface area contributed by atoms with Gasteiger partial charge in [-0.3, -0.25) is 4.90 Å². The summed E-state index contributed by atoms with van der Waals surface area (Å²) in [7, 11) is 0. The van der Waals surface area contributed by atoms with Crippen molar-refractivity contribution in [2.45, 2.75) is 57.5 Å². The smallest absolute Gasteiger partial charge is 0.0223 e. The third kappa shape index (κ3) is 3.63. The van der Waals surface area contributed by atoms with E-state index in [1.54, 1.807) is 0 Å². The van der Waals surface area contributed by atoms with Crippen LogP contribution in [-0.2, 0) is 6.42 Å². The Balaban J connectivity index is 1.54. The highest BCUT2D eigenvalue weighted by atomic mass is 32.1. The molecule has 1 aromatic heterocycles. The Morgan fingerprint density at radius 2 is 2.20 bits per heavy atom. The Morgan fingerprint density at radius 1 is 1.35 bits per heavy atom. The molecule has 0 radical (unpaired) electrons. The summed E-state index contributed by atoms with van der Waals surface area (Å²) in [6.07, 6.45) is 8.48. The molecule has 3 rings (SSSR count). The minimum atomic E-state index is 0.682. The highest BCUT2D eigenvalue weighted by molar-refractivity contribution is 7.09. The molecule has 1 saturated carbocycles. The summed E-state index contributed by atoms with van der Waals surface area (Å²) >= 11 is 1.90. The van der Waals surface area contributed by atoms with Gasteiger partial charge in [0.25, 0.3) is 0 Å². The minimum absolute atomic E-state index is 0.682. The van der Waals surface area contributed by atoms with Gasteiger partial charge in [-0.25, -0.2) is 0 Å². The average Bonchev–Trinajstić information content (AvgIpc) is 3.01. The first-order chi connectivity index (χ1) is 9.83. The van der Waals surface area contributed by atoms with Crippen LogP contribution in [0.4, 0.5) is 0 Å². The Morgan fingerprint density at radius 3 is 2.95 bits per heavy atom. The van der Waals surface area contributed by atoms with Crippen molar-refractivity contribution in [3.63, 3.8) is 0 Å². The number of rotatable bonds is 4. The lowest BCUT2D eigenvalue weighted by Crippen LogP contribution is -2.56. The van der Waals surface area contributed by atoms with E-state index in [0.29, 0.717) is 6.04 Å². The molecule has 1 N–H and O–H groups in total. The molecule has 2 aliphatic rings. The molecule has 2 nitrogen and oxygen atoms in total. The third-order valence-electron chi connectivity index (χ3n) is 5.16. The maximum absolute atomic E-state index is 3.79. The summed E-state index contributed by atoms with van der Waals surface area (Å²) in [5, 5.41) is 5.99. The van der Waals surface area contributed by atoms with E-state index in [1.165, 1.54) is 63.0 Å². The zero-order valence-corrected chi connectivity index (χ0v) is 13.5. The van der Waals surface area contributed by atoms with Gasteiger partial charge in [0.05, 0.1) is 0 Å². The molecule has 112 valence electrons. The monoisotopic (exact) mass is 292 g/mol. The molecule has 2 fully saturated rings. The van der Waals surface area contributed by atoms with E-state index in [-0.39, 0.29) is 0 Å². The molecule has 1 aliphatic carbocycles. The van der Waals surface area contributed by atoms with Crippen LogP contribution in [0.2, 0.25) is 0 Å². The Kier molecular flexibility index (Phi) is 5.14. The van der Waals surface area contributed by atoms with Crippen LogP contribution in [-0.4, -0.2) is 36.6 Å². The van der Waals surface area contributed by atoms with Crippen LogP contribution in [0.15, 0.2) is 17.5 Å². The summed E-state index contributed by atoms with van der Waals surface area (Å²) in [4.78, 5) is 4.25. The van der Waals surface area contributed by atoms with Crippen LogP contribution in [0.5, 0.6) is 0 Å². The predicted octanol–water partition coefficient (Wildman–Crippen LogP) is 3.53. The van der Waals surface area contributed by atoms with E-state index in [1.807, 2.05) is 11.3 Å². The fourth-order valence-electron chi connectivity index (χ4n) is 3.90. The van der Waals surface area contributed by atoms with E-state index in [9.17, 15) is 0 Å². The number of hydrogen-bond donors (Lipinski definition) is 1. The standard InChI is InChI=1S/C17H28N2S/c1-14(12-16-8-5-11-20-16)19-10-9-18-17(13-19)15-6-3-2-4-7-15/h5,8,11,14-15,17-18H,2-4,6-7,9-10,12-13H2,1H3. The van der Waals surface area contributed by atoms with Gasteiger partial charge < -0.3 is 5.32 Å². The van der Waals surface area contributed by atoms with Crippen molar-refractivity contribution in [2.75, 3.05) is 19.6 Å². The largest absolute Gasteiger partial charge is 0.311 e. The van der Waals surface area contributed by atoms with Gasteiger partial charge in [0, 0.05) is 36.6 Å². The topological polar surface area (TPSA) is 15.3 Å². The van der Waals surface area contributed by atoms with E-state index < -0.39 is 0 Å². The number of nitrogens with one attached hydrogen (secondary N) is 1. The lowest BCUT2D eigenvalue weighted by Gasteiger charge is -2.41. The Labute approximate surface area is 127 Å². The molecule has 2 unspecified atom stereocenters. The molecule has 0 spiro atoms. The van der Waals surface area contributed by atoms with Crippen molar-refractivity contribution < 1.29 is 0 Å². The number of nitrogens with zero attached hydrogens (tertiary/aromatic N) is 1. The molecule has 1 aliphatic heterocycles. The zero-order chi connectivity index (χ0) is 13.8. The zero-order valence-electron chi connectivity index (χ0n) is 12.7. The highest BCUT2D eigenvalue weighted by Gasteiger charge is 2.29. The summed E-state index contributed by atoms with van der Waals surface area (Å²) in [5.41, 5.74) is 0. The Hall–Kier alpha value is -0.380. The third-order valence-corrected chi connectivity index (χ3v) is 6.05. The maximum Gasteiger partial charge on any atom is 0.0223 e. The van der Waals surface area contributed by atoms with E-state index in [2.05, 4.69) is 34.7 Å². The van der Waals surface area contributed by atoms with Gasteiger partial charge in [0.2, 0.25) is 0 Å². The van der Waals surface area contributed by atoms with E-state index in [4.69, 9.17) is 0 Å². The summed E-state index contributed by atoms with van der Waals surface area (Å²) in [6, 6.07) is 5.88. The number of thiophene rings is 1. The van der Waals surface area contributed by atoms with Crippen molar-refractivity contribution in [1.82, 2.24) is 10.2 Å². The predicted molar refractivity (Wildman–Crippen MR) is 87.4 cm³/mol. The first-order valence-corrected chi connectivity index (χ1v) is 9.20. The molecule has 3 heteroatoms. The van der Waals surface area contributed by atoms with Gasteiger partial charge in [-0.15, -0.1) is 11.3 Å². The van der Waals surface area contributed by atoms with Crippen molar-refractivity contribution in [1.29, 1.82) is 0 Å². The van der Waals surface area contributed by atoms with Crippen molar-refractivity contribution >= 4 is 11.3 Å². The first-order valence-electron chi connectivity index (χ1n) is 8.33. The van der Waals surface area contributed by atoms with Crippen LogP contribution in [0.1, 0.15) is 43.9 Å². The molecule has 20 heavy (non-hydrogen) atoms. The fourth-order valence-corrected chi connectivity index (χ4v) is 4.73. The average molecular weight is 292 g/mol. The molecule has 1 saturated heterocycles. The molecule has 1 aromatic rings. The minimum Gasteiger partial charge on any atom is -0.311 e. The van der Waals surface area contributed by atoms with Gasteiger partial charge >= 0.3 is 0 Å². The van der Waals surface area contributed by atoms with Crippen molar-refractivity contribution in [3.05, 3.63) is 22.4 Å². The SMILES string of the molecule is CC(Cc1cccs1)N1CCNC(C2CCCCC2)C1. The summed E-state index contributed by atoms with van der Waals surface area (Å²) < 4.78 is 0. The number of hydrogen-bond acceptors (Lipinski definition) is 3. The number of piperazine rings is 1. The normalized spacial score (nSPS) is 27.6. The van der Waals surface area contributed by atoms with E-state index >= 15 is 0 Å². The van der Waals surface area contributed by atoms with Gasteiger partial charge in [-0.05, 0) is 43.6 Å². The van der Waals surface area contributed by atoms with Crippen LogP contribution in [0.3, 0.4) is 0 Å². The summed E-state index contributed by atoms with van der Waals surface area (Å²) in [5.74, 6) is 0.931. The maximum atomic E-state index is 3.79. The second kappa shape index (κ2) is 7.06. The van der Waals surface area contributed by atoms with Crippen LogP contribution in [0, 0.1) is 5.92 Å². The highest BCUT2D eigenvalue weighted by Crippen LogP contribution is 2.28. The molecule has 2 atom stereocenters. The second-order valence-electron chi connectivity index (χ2n) is 6.59. The molecule has 0 bridgehead atoms. The van der Waals surface area contributed by atoms with E-state index in [0.717, 1.165) is 12.0 Å². The summed E-state index contributed by atoms with van der Waals surface area (Å²) in [6.45, 7) is 6.06. The Bertz CT molecular complexity index is 384. The molecular weight excluding hydrogens is 264 g/mol. The first kappa shape index (κ1) is 14.6. The van der Waals surface area contributed by atoms with Gasteiger partial charge in [0.1, 0.15) is 0 Å². The van der Waals surface area contributed by atoms with Crippen LogP contribution in [0.25, 0.3) is 0 Å². The lowest BCUT2D eigenvalue weighted by molar-refractivity contribution is 0.115. The van der Waals surface area contributed by atoms with Gasteiger partial charge in [-0.2, -0.15) is 0 Å². The van der Waals surface area contributed by atoms with Crippen molar-refractivity contribution in [3.8, 4) is 0 Å². The van der Waals surface area contributed by atoms with Crippen molar-refractivity contribution in [2.24, 2.45) is 5.92 Å².